The number of nitrogens with two attached hydrogens (primary N) is 1. The van der Waals surface area contributed by atoms with Crippen LogP contribution in [0, 0.1) is 0 Å². The van der Waals surface area contributed by atoms with Gasteiger partial charge in [0.25, 0.3) is 5.91 Å². The predicted octanol–water partition coefficient (Wildman–Crippen LogP) is -0.142. The van der Waals surface area contributed by atoms with Crippen LogP contribution >= 0.6 is 0 Å². The van der Waals surface area contributed by atoms with Crippen molar-refractivity contribution in [3.63, 3.8) is 0 Å². The summed E-state index contributed by atoms with van der Waals surface area (Å²) in [5.74, 6) is -0.151. The molecule has 0 aliphatic carbocycles. The van der Waals surface area contributed by atoms with E-state index < -0.39 is 0 Å². The zero-order valence-electron chi connectivity index (χ0n) is 10.7. The molecule has 0 bridgehead atoms. The Hall–Kier alpha value is -2.15. The quantitative estimate of drug-likeness (QED) is 0.679. The molecule has 0 aliphatic rings. The van der Waals surface area contributed by atoms with Crippen LogP contribution in [0.2, 0.25) is 0 Å². The summed E-state index contributed by atoms with van der Waals surface area (Å²) < 4.78 is 3.78. The first-order valence-corrected chi connectivity index (χ1v) is 6.25. The van der Waals surface area contributed by atoms with Crippen LogP contribution in [-0.4, -0.2) is 38.1 Å². The summed E-state index contributed by atoms with van der Waals surface area (Å²) in [6.45, 7) is 2.64. The van der Waals surface area contributed by atoms with Crippen molar-refractivity contribution in [2.45, 2.75) is 19.5 Å². The predicted molar refractivity (Wildman–Crippen MR) is 70.5 cm³/mol. The number of imidazole rings is 2. The largest absolute Gasteiger partial charge is 0.351 e. The SMILES string of the molecule is NCCn1cnc(C(=O)NCCCn2ccnc2)c1. The van der Waals surface area contributed by atoms with Gasteiger partial charge in [-0.1, -0.05) is 0 Å². The molecule has 0 aromatic carbocycles. The Morgan fingerprint density at radius 2 is 2.21 bits per heavy atom. The van der Waals surface area contributed by atoms with E-state index in [1.54, 1.807) is 29.6 Å². The molecule has 0 radical (unpaired) electrons. The van der Waals surface area contributed by atoms with Gasteiger partial charge in [0.2, 0.25) is 0 Å². The van der Waals surface area contributed by atoms with E-state index in [1.807, 2.05) is 10.8 Å². The lowest BCUT2D eigenvalue weighted by Gasteiger charge is -2.04. The van der Waals surface area contributed by atoms with E-state index in [0.717, 1.165) is 13.0 Å². The highest BCUT2D eigenvalue weighted by Crippen LogP contribution is 1.96. The van der Waals surface area contributed by atoms with E-state index in [4.69, 9.17) is 5.73 Å². The molecule has 7 nitrogen and oxygen atoms in total. The Morgan fingerprint density at radius 3 is 2.95 bits per heavy atom. The van der Waals surface area contributed by atoms with Gasteiger partial charge in [0.1, 0.15) is 5.69 Å². The highest BCUT2D eigenvalue weighted by Gasteiger charge is 2.07. The number of aromatic nitrogens is 4. The third-order valence-electron chi connectivity index (χ3n) is 2.69. The van der Waals surface area contributed by atoms with E-state index in [-0.39, 0.29) is 5.91 Å². The fraction of sp³-hybridized carbons (Fsp3) is 0.417. The molecule has 0 aliphatic heterocycles. The van der Waals surface area contributed by atoms with Gasteiger partial charge in [-0.15, -0.1) is 0 Å². The Balaban J connectivity index is 1.71. The maximum atomic E-state index is 11.8. The summed E-state index contributed by atoms with van der Waals surface area (Å²) >= 11 is 0. The summed E-state index contributed by atoms with van der Waals surface area (Å²) in [6, 6.07) is 0. The van der Waals surface area contributed by atoms with Crippen LogP contribution in [0.15, 0.2) is 31.2 Å². The van der Waals surface area contributed by atoms with Crippen LogP contribution in [0.4, 0.5) is 0 Å². The Labute approximate surface area is 111 Å². The summed E-state index contributed by atoms with van der Waals surface area (Å²) in [7, 11) is 0. The number of carbonyl (C=O) groups excluding carboxylic acids is 1. The normalized spacial score (nSPS) is 10.6. The van der Waals surface area contributed by atoms with E-state index in [1.165, 1.54) is 0 Å². The molecular formula is C12H18N6O. The zero-order valence-corrected chi connectivity index (χ0v) is 10.7. The van der Waals surface area contributed by atoms with Crippen LogP contribution in [0.3, 0.4) is 0 Å². The lowest BCUT2D eigenvalue weighted by Crippen LogP contribution is -2.25. The summed E-state index contributed by atoms with van der Waals surface area (Å²) in [6.07, 6.45) is 9.58. The van der Waals surface area contributed by atoms with Gasteiger partial charge in [-0.05, 0) is 6.42 Å². The minimum atomic E-state index is -0.151. The second-order valence-corrected chi connectivity index (χ2v) is 4.20. The Morgan fingerprint density at radius 1 is 1.32 bits per heavy atom. The second-order valence-electron chi connectivity index (χ2n) is 4.20. The Bertz CT molecular complexity index is 504. The smallest absolute Gasteiger partial charge is 0.271 e. The number of hydrogen-bond acceptors (Lipinski definition) is 4. The maximum Gasteiger partial charge on any atom is 0.271 e. The van der Waals surface area contributed by atoms with Crippen molar-refractivity contribution < 1.29 is 4.79 Å². The molecule has 0 atom stereocenters. The molecule has 0 saturated heterocycles. The van der Waals surface area contributed by atoms with Crippen LogP contribution in [-0.2, 0) is 13.1 Å². The van der Waals surface area contributed by atoms with Crippen molar-refractivity contribution in [2.24, 2.45) is 5.73 Å². The third kappa shape index (κ3) is 3.92. The average Bonchev–Trinajstić information content (AvgIpc) is 3.06. The molecule has 2 heterocycles. The summed E-state index contributed by atoms with van der Waals surface area (Å²) in [4.78, 5) is 19.8. The topological polar surface area (TPSA) is 90.8 Å². The number of carbonyl (C=O) groups is 1. The van der Waals surface area contributed by atoms with Gasteiger partial charge in [-0.25, -0.2) is 9.97 Å². The highest BCUT2D eigenvalue weighted by atomic mass is 16.1. The molecule has 0 fully saturated rings. The fourth-order valence-corrected chi connectivity index (χ4v) is 1.72. The van der Waals surface area contributed by atoms with Crippen LogP contribution < -0.4 is 11.1 Å². The molecule has 2 aromatic rings. The lowest BCUT2D eigenvalue weighted by atomic mass is 10.4. The van der Waals surface area contributed by atoms with Crippen molar-refractivity contribution in [1.82, 2.24) is 24.4 Å². The van der Waals surface area contributed by atoms with Gasteiger partial charge in [-0.2, -0.15) is 0 Å². The summed E-state index contributed by atoms with van der Waals surface area (Å²) in [5.41, 5.74) is 5.86. The van der Waals surface area contributed by atoms with Crippen molar-refractivity contribution in [3.8, 4) is 0 Å². The monoisotopic (exact) mass is 262 g/mol. The molecular weight excluding hydrogens is 244 g/mol. The standard InChI is InChI=1S/C12H18N6O/c13-2-6-18-8-11(16-10-18)12(19)15-3-1-5-17-7-4-14-9-17/h4,7-10H,1-3,5-6,13H2,(H,15,19). The van der Waals surface area contributed by atoms with E-state index in [9.17, 15) is 4.79 Å². The average molecular weight is 262 g/mol. The van der Waals surface area contributed by atoms with Gasteiger partial charge in [-0.3, -0.25) is 4.79 Å². The van der Waals surface area contributed by atoms with Gasteiger partial charge < -0.3 is 20.2 Å². The zero-order chi connectivity index (χ0) is 13.5. The van der Waals surface area contributed by atoms with E-state index in [2.05, 4.69) is 15.3 Å². The number of nitrogens with zero attached hydrogens (tertiary/aromatic N) is 4. The minimum Gasteiger partial charge on any atom is -0.351 e. The number of aryl methyl sites for hydroxylation is 1. The molecule has 0 unspecified atom stereocenters. The molecule has 2 aromatic heterocycles. The fourth-order valence-electron chi connectivity index (χ4n) is 1.72. The molecule has 0 spiro atoms. The Kier molecular flexibility index (Phi) is 4.68. The van der Waals surface area contributed by atoms with Crippen LogP contribution in [0.25, 0.3) is 0 Å². The van der Waals surface area contributed by atoms with Gasteiger partial charge >= 0.3 is 0 Å². The summed E-state index contributed by atoms with van der Waals surface area (Å²) in [5, 5.41) is 2.84. The first-order chi connectivity index (χ1) is 9.29. The van der Waals surface area contributed by atoms with Crippen molar-refractivity contribution in [3.05, 3.63) is 36.9 Å². The number of nitrogens with one attached hydrogen (secondary N) is 1. The second kappa shape index (κ2) is 6.69. The van der Waals surface area contributed by atoms with Gasteiger partial charge in [0, 0.05) is 44.8 Å². The van der Waals surface area contributed by atoms with Crippen LogP contribution in [0.5, 0.6) is 0 Å². The van der Waals surface area contributed by atoms with Crippen molar-refractivity contribution >= 4 is 5.91 Å². The molecule has 3 N–H and O–H groups in total. The number of hydrogen-bond donors (Lipinski definition) is 2. The third-order valence-corrected chi connectivity index (χ3v) is 2.69. The first kappa shape index (κ1) is 13.3. The van der Waals surface area contributed by atoms with E-state index >= 15 is 0 Å². The number of rotatable bonds is 7. The maximum absolute atomic E-state index is 11.8. The molecule has 0 saturated carbocycles. The molecule has 102 valence electrons. The van der Waals surface area contributed by atoms with Crippen molar-refractivity contribution in [1.29, 1.82) is 0 Å². The first-order valence-electron chi connectivity index (χ1n) is 6.25. The van der Waals surface area contributed by atoms with Gasteiger partial charge in [0.15, 0.2) is 0 Å². The molecule has 7 heteroatoms. The number of amides is 1. The lowest BCUT2D eigenvalue weighted by molar-refractivity contribution is 0.0948. The molecule has 19 heavy (non-hydrogen) atoms. The molecule has 2 rings (SSSR count). The highest BCUT2D eigenvalue weighted by molar-refractivity contribution is 5.91. The molecule has 1 amide bonds. The van der Waals surface area contributed by atoms with Crippen molar-refractivity contribution in [2.75, 3.05) is 13.1 Å². The minimum absolute atomic E-state index is 0.151. The van der Waals surface area contributed by atoms with Crippen LogP contribution in [0.1, 0.15) is 16.9 Å². The van der Waals surface area contributed by atoms with Gasteiger partial charge in [0.05, 0.1) is 12.7 Å². The van der Waals surface area contributed by atoms with E-state index in [0.29, 0.717) is 25.3 Å².